The van der Waals surface area contributed by atoms with Crippen LogP contribution in [-0.4, -0.2) is 27.6 Å². The van der Waals surface area contributed by atoms with E-state index in [1.807, 2.05) is 13.8 Å². The lowest BCUT2D eigenvalue weighted by atomic mass is 9.75. The van der Waals surface area contributed by atoms with E-state index in [4.69, 9.17) is 11.6 Å². The number of rotatable bonds is 4. The highest BCUT2D eigenvalue weighted by Crippen LogP contribution is 2.35. The molecule has 1 aromatic heterocycles. The van der Waals surface area contributed by atoms with Gasteiger partial charge in [-0.2, -0.15) is 0 Å². The zero-order valence-corrected chi connectivity index (χ0v) is 17.1. The van der Waals surface area contributed by atoms with Crippen molar-refractivity contribution in [3.63, 3.8) is 0 Å². The van der Waals surface area contributed by atoms with Crippen LogP contribution in [0.15, 0.2) is 29.1 Å². The number of aromatic amines is 1. The Hall–Kier alpha value is -2.47. The third-order valence-corrected chi connectivity index (χ3v) is 5.94. The molecule has 2 aliphatic carbocycles. The van der Waals surface area contributed by atoms with Crippen molar-refractivity contribution in [2.45, 2.75) is 52.1 Å². The van der Waals surface area contributed by atoms with Gasteiger partial charge < -0.3 is 9.88 Å². The van der Waals surface area contributed by atoms with Crippen molar-refractivity contribution in [1.29, 1.82) is 0 Å². The second-order valence-corrected chi connectivity index (χ2v) is 9.12. The van der Waals surface area contributed by atoms with Gasteiger partial charge in [0.15, 0.2) is 5.78 Å². The molecule has 7 heteroatoms. The molecule has 5 nitrogen and oxygen atoms in total. The molecule has 0 unspecified atom stereocenters. The molecule has 2 aromatic rings. The number of nitrogens with one attached hydrogen (secondary N) is 1. The summed E-state index contributed by atoms with van der Waals surface area (Å²) in [7, 11) is 0. The number of fused-ring (bicyclic) bond motifs is 1. The molecule has 0 spiro atoms. The molecule has 1 fully saturated rings. The molecule has 0 aliphatic heterocycles. The van der Waals surface area contributed by atoms with Gasteiger partial charge in [0.1, 0.15) is 11.4 Å². The number of benzene rings is 1. The second kappa shape index (κ2) is 7.10. The second-order valence-electron chi connectivity index (χ2n) is 8.71. The topological polar surface area (TPSA) is 70.2 Å². The van der Waals surface area contributed by atoms with Crippen LogP contribution in [0, 0.1) is 11.2 Å². The number of H-pyrrole nitrogens is 1. The van der Waals surface area contributed by atoms with Crippen LogP contribution in [0.5, 0.6) is 0 Å². The summed E-state index contributed by atoms with van der Waals surface area (Å²) in [6, 6.07) is 5.71. The number of carbonyl (C=O) groups is 2. The lowest BCUT2D eigenvalue weighted by Crippen LogP contribution is -2.38. The average Bonchev–Trinajstić information content (AvgIpc) is 3.44. The van der Waals surface area contributed by atoms with Crippen LogP contribution in [0.1, 0.15) is 65.1 Å². The molecule has 2 aliphatic rings. The summed E-state index contributed by atoms with van der Waals surface area (Å²) in [6.45, 7) is 3.92. The van der Waals surface area contributed by atoms with Crippen molar-refractivity contribution in [1.82, 2.24) is 9.88 Å². The summed E-state index contributed by atoms with van der Waals surface area (Å²) >= 11 is 6.13. The Kier molecular flexibility index (Phi) is 4.85. The highest BCUT2D eigenvalue weighted by molar-refractivity contribution is 6.31. The molecule has 0 saturated heterocycles. The fourth-order valence-corrected chi connectivity index (χ4v) is 4.17. The molecule has 0 bridgehead atoms. The van der Waals surface area contributed by atoms with E-state index in [2.05, 4.69) is 4.98 Å². The Bertz CT molecular complexity index is 1050. The standard InChI is InChI=1S/C22H22ClFN2O3/c1-22(2)9-18-13(19(27)10-22)8-14(20(28)25-18)21(29)26(12-6-7-12)11-15-16(23)4-3-5-17(15)24/h3-5,8,12H,6-7,9-11H2,1-2H3,(H,25,28). The maximum absolute atomic E-state index is 14.3. The molecule has 1 aromatic carbocycles. The van der Waals surface area contributed by atoms with Crippen molar-refractivity contribution >= 4 is 23.3 Å². The van der Waals surface area contributed by atoms with Crippen molar-refractivity contribution in [2.75, 3.05) is 0 Å². The number of carbonyl (C=O) groups excluding carboxylic acids is 2. The van der Waals surface area contributed by atoms with Gasteiger partial charge in [-0.25, -0.2) is 4.39 Å². The van der Waals surface area contributed by atoms with E-state index in [0.29, 0.717) is 24.1 Å². The zero-order chi connectivity index (χ0) is 20.9. The predicted molar refractivity (Wildman–Crippen MR) is 108 cm³/mol. The van der Waals surface area contributed by atoms with Crippen molar-refractivity contribution in [2.24, 2.45) is 5.41 Å². The summed E-state index contributed by atoms with van der Waals surface area (Å²) in [5, 5.41) is 0.236. The fraction of sp³-hybridized carbons (Fsp3) is 0.409. The van der Waals surface area contributed by atoms with E-state index in [1.165, 1.54) is 23.1 Å². The van der Waals surface area contributed by atoms with E-state index in [9.17, 15) is 18.8 Å². The Labute approximate surface area is 172 Å². The van der Waals surface area contributed by atoms with Crippen molar-refractivity contribution in [3.8, 4) is 0 Å². The molecule has 29 heavy (non-hydrogen) atoms. The van der Waals surface area contributed by atoms with Gasteiger partial charge in [-0.3, -0.25) is 14.4 Å². The van der Waals surface area contributed by atoms with E-state index in [-0.39, 0.29) is 39.9 Å². The number of Topliss-reactive ketones (excluding diaryl/α,β-unsaturated/α-hetero) is 1. The minimum Gasteiger partial charge on any atom is -0.331 e. The van der Waals surface area contributed by atoms with Gasteiger partial charge >= 0.3 is 0 Å². The predicted octanol–water partition coefficient (Wildman–Crippen LogP) is 4.13. The Morgan fingerprint density at radius 1 is 1.28 bits per heavy atom. The normalized spacial score (nSPS) is 17.7. The molecule has 4 rings (SSSR count). The molecule has 0 radical (unpaired) electrons. The highest BCUT2D eigenvalue weighted by Gasteiger charge is 2.37. The number of aromatic nitrogens is 1. The van der Waals surface area contributed by atoms with Gasteiger partial charge in [-0.15, -0.1) is 0 Å². The average molecular weight is 417 g/mol. The summed E-state index contributed by atoms with van der Waals surface area (Å²) in [6.07, 6.45) is 2.49. The first-order valence-electron chi connectivity index (χ1n) is 9.69. The number of hydrogen-bond acceptors (Lipinski definition) is 3. The molecule has 152 valence electrons. The van der Waals surface area contributed by atoms with Gasteiger partial charge in [0.05, 0.1) is 6.54 Å². The maximum atomic E-state index is 14.3. The number of ketones is 1. The summed E-state index contributed by atoms with van der Waals surface area (Å²) in [5.74, 6) is -1.09. The molecular weight excluding hydrogens is 395 g/mol. The highest BCUT2D eigenvalue weighted by atomic mass is 35.5. The zero-order valence-electron chi connectivity index (χ0n) is 16.4. The van der Waals surface area contributed by atoms with Gasteiger partial charge in [-0.1, -0.05) is 31.5 Å². The Morgan fingerprint density at radius 3 is 2.66 bits per heavy atom. The van der Waals surface area contributed by atoms with Crippen LogP contribution < -0.4 is 5.56 Å². The smallest absolute Gasteiger partial charge is 0.261 e. The van der Waals surface area contributed by atoms with Crippen molar-refractivity contribution in [3.05, 3.63) is 67.8 Å². The SMILES string of the molecule is CC1(C)CC(=O)c2cc(C(=O)N(Cc3c(F)cccc3Cl)C3CC3)c(=O)[nH]c2C1. The van der Waals surface area contributed by atoms with Crippen LogP contribution in [0.25, 0.3) is 0 Å². The molecule has 1 saturated carbocycles. The van der Waals surface area contributed by atoms with E-state index in [0.717, 1.165) is 12.8 Å². The number of hydrogen-bond donors (Lipinski definition) is 1. The summed E-state index contributed by atoms with van der Waals surface area (Å²) < 4.78 is 14.3. The van der Waals surface area contributed by atoms with Crippen LogP contribution in [-0.2, 0) is 13.0 Å². The van der Waals surface area contributed by atoms with E-state index >= 15 is 0 Å². The Morgan fingerprint density at radius 2 is 2.00 bits per heavy atom. The van der Waals surface area contributed by atoms with Crippen molar-refractivity contribution < 1.29 is 14.0 Å². The largest absolute Gasteiger partial charge is 0.331 e. The fourth-order valence-electron chi connectivity index (χ4n) is 3.95. The third kappa shape index (κ3) is 3.86. The summed E-state index contributed by atoms with van der Waals surface area (Å²) in [4.78, 5) is 42.7. The monoisotopic (exact) mass is 416 g/mol. The van der Waals surface area contributed by atoms with Crippen LogP contribution in [0.3, 0.4) is 0 Å². The van der Waals surface area contributed by atoms with Crippen LogP contribution in [0.4, 0.5) is 4.39 Å². The Balaban J connectivity index is 1.70. The molecule has 0 atom stereocenters. The minimum absolute atomic E-state index is 0.0213. The van der Waals surface area contributed by atoms with E-state index in [1.54, 1.807) is 6.07 Å². The third-order valence-electron chi connectivity index (χ3n) is 5.59. The number of amides is 1. The molecule has 1 N–H and O–H groups in total. The van der Waals surface area contributed by atoms with E-state index < -0.39 is 17.3 Å². The van der Waals surface area contributed by atoms with Gasteiger partial charge in [0.2, 0.25) is 0 Å². The minimum atomic E-state index is -0.524. The van der Waals surface area contributed by atoms with Gasteiger partial charge in [0.25, 0.3) is 11.5 Å². The first kappa shape index (κ1) is 19.8. The number of pyridine rings is 1. The first-order chi connectivity index (χ1) is 13.7. The summed E-state index contributed by atoms with van der Waals surface area (Å²) in [5.41, 5.74) is 0.345. The lowest BCUT2D eigenvalue weighted by Gasteiger charge is -2.30. The van der Waals surface area contributed by atoms with Gasteiger partial charge in [0, 0.05) is 34.3 Å². The van der Waals surface area contributed by atoms with Gasteiger partial charge in [-0.05, 0) is 42.9 Å². The molecule has 1 heterocycles. The lowest BCUT2D eigenvalue weighted by molar-refractivity contribution is 0.0726. The van der Waals surface area contributed by atoms with Crippen LogP contribution >= 0.6 is 11.6 Å². The molecular formula is C22H22ClFN2O3. The molecule has 1 amide bonds. The maximum Gasteiger partial charge on any atom is 0.261 e. The first-order valence-corrected chi connectivity index (χ1v) is 10.1. The van der Waals surface area contributed by atoms with Crippen LogP contribution in [0.2, 0.25) is 5.02 Å². The quantitative estimate of drug-likeness (QED) is 0.814. The number of nitrogens with zero attached hydrogens (tertiary/aromatic N) is 1. The number of halogens is 2.